The van der Waals surface area contributed by atoms with Crippen LogP contribution in [-0.4, -0.2) is 47.3 Å². The van der Waals surface area contributed by atoms with Crippen LogP contribution in [0.15, 0.2) is 23.6 Å². The molecule has 2 aromatic rings. The second kappa shape index (κ2) is 8.40. The molecule has 1 N–H and O–H groups in total. The lowest BCUT2D eigenvalue weighted by molar-refractivity contribution is -0.162. The monoisotopic (exact) mass is 427 g/mol. The number of amides is 2. The highest BCUT2D eigenvalue weighted by molar-refractivity contribution is 7.14. The molecular formula is C19H20F3N3O3S. The molecule has 29 heavy (non-hydrogen) atoms. The van der Waals surface area contributed by atoms with Gasteiger partial charge in [-0.05, 0) is 32.3 Å². The van der Waals surface area contributed by atoms with Crippen molar-refractivity contribution in [3.8, 4) is 11.3 Å². The van der Waals surface area contributed by atoms with Gasteiger partial charge < -0.3 is 10.1 Å². The fourth-order valence-electron chi connectivity index (χ4n) is 3.23. The lowest BCUT2D eigenvalue weighted by Crippen LogP contribution is -2.44. The van der Waals surface area contributed by atoms with Gasteiger partial charge in [-0.3, -0.25) is 9.69 Å². The number of rotatable bonds is 4. The number of nitrogens with zero attached hydrogens (tertiary/aromatic N) is 2. The fraction of sp³-hybridized carbons (Fsp3) is 0.421. The van der Waals surface area contributed by atoms with Gasteiger partial charge in [0.05, 0.1) is 5.69 Å². The number of hydrogen-bond donors (Lipinski definition) is 1. The molecular weight excluding hydrogens is 407 g/mol. The van der Waals surface area contributed by atoms with E-state index in [0.29, 0.717) is 18.0 Å². The van der Waals surface area contributed by atoms with Crippen LogP contribution in [0.1, 0.15) is 24.0 Å². The molecule has 1 aliphatic heterocycles. The maximum atomic E-state index is 12.6. The van der Waals surface area contributed by atoms with Gasteiger partial charge in [0.25, 0.3) is 0 Å². The molecule has 1 fully saturated rings. The predicted octanol–water partition coefficient (Wildman–Crippen LogP) is 4.53. The van der Waals surface area contributed by atoms with Crippen LogP contribution < -0.4 is 5.32 Å². The predicted molar refractivity (Wildman–Crippen MR) is 103 cm³/mol. The number of benzene rings is 1. The third-order valence-corrected chi connectivity index (χ3v) is 5.30. The van der Waals surface area contributed by atoms with Crippen LogP contribution in [0.25, 0.3) is 11.3 Å². The van der Waals surface area contributed by atoms with Crippen molar-refractivity contribution in [3.05, 3.63) is 34.7 Å². The van der Waals surface area contributed by atoms with E-state index in [4.69, 9.17) is 0 Å². The minimum absolute atomic E-state index is 0.167. The number of carbonyl (C=O) groups is 2. The molecule has 1 saturated heterocycles. The molecule has 1 aromatic carbocycles. The van der Waals surface area contributed by atoms with Crippen molar-refractivity contribution in [1.29, 1.82) is 0 Å². The topological polar surface area (TPSA) is 71.5 Å². The summed E-state index contributed by atoms with van der Waals surface area (Å²) in [6.07, 6.45) is -4.90. The van der Waals surface area contributed by atoms with Crippen molar-refractivity contribution < 1.29 is 27.5 Å². The van der Waals surface area contributed by atoms with Crippen LogP contribution in [0.4, 0.5) is 23.1 Å². The Hall–Kier alpha value is -2.62. The Morgan fingerprint density at radius 3 is 2.79 bits per heavy atom. The van der Waals surface area contributed by atoms with Crippen LogP contribution in [-0.2, 0) is 9.53 Å². The number of hydrogen-bond acceptors (Lipinski definition) is 5. The first kappa shape index (κ1) is 21.1. The first-order valence-electron chi connectivity index (χ1n) is 8.98. The number of carbonyl (C=O) groups excluding carboxylic acids is 2. The first-order valence-corrected chi connectivity index (χ1v) is 9.86. The minimum atomic E-state index is -4.61. The first-order chi connectivity index (χ1) is 13.6. The second-order valence-corrected chi connectivity index (χ2v) is 7.72. The van der Waals surface area contributed by atoms with Crippen molar-refractivity contribution in [2.45, 2.75) is 38.9 Å². The zero-order valence-corrected chi connectivity index (χ0v) is 16.7. The Bertz CT molecular complexity index is 914. The van der Waals surface area contributed by atoms with E-state index in [1.165, 1.54) is 11.3 Å². The molecule has 6 nitrogen and oxygen atoms in total. The van der Waals surface area contributed by atoms with Crippen LogP contribution in [0, 0.1) is 13.8 Å². The highest BCUT2D eigenvalue weighted by atomic mass is 32.1. The average molecular weight is 427 g/mol. The number of anilines is 1. The zero-order chi connectivity index (χ0) is 21.2. The molecule has 2 heterocycles. The second-order valence-electron chi connectivity index (χ2n) is 6.87. The van der Waals surface area contributed by atoms with E-state index in [9.17, 15) is 22.8 Å². The van der Waals surface area contributed by atoms with Crippen LogP contribution >= 0.6 is 11.3 Å². The van der Waals surface area contributed by atoms with Gasteiger partial charge in [-0.25, -0.2) is 9.78 Å². The molecule has 3 rings (SSSR count). The van der Waals surface area contributed by atoms with Gasteiger partial charge in [-0.15, -0.1) is 11.3 Å². The number of ether oxygens (including phenoxy) is 1. The van der Waals surface area contributed by atoms with E-state index in [0.717, 1.165) is 27.3 Å². The number of aryl methyl sites for hydroxylation is 2. The highest BCUT2D eigenvalue weighted by Crippen LogP contribution is 2.29. The standard InChI is InChI=1S/C19H20F3N3O3S/c1-11-5-6-13(12(2)8-11)14-9-29-17(23-14)24-16(26)15-4-3-7-25(15)18(27)28-10-19(20,21)22/h5-6,8-9,15H,3-4,7,10H2,1-2H3,(H,23,24,26). The smallest absolute Gasteiger partial charge is 0.422 e. The van der Waals surface area contributed by atoms with Gasteiger partial charge in [0, 0.05) is 17.5 Å². The molecule has 0 saturated carbocycles. The molecule has 1 atom stereocenters. The Morgan fingerprint density at radius 1 is 1.34 bits per heavy atom. The van der Waals surface area contributed by atoms with Crippen LogP contribution in [0.2, 0.25) is 0 Å². The molecule has 156 valence electrons. The third kappa shape index (κ3) is 5.26. The normalized spacial score (nSPS) is 16.7. The Morgan fingerprint density at radius 2 is 2.10 bits per heavy atom. The SMILES string of the molecule is Cc1ccc(-c2csc(NC(=O)C3CCCN3C(=O)OCC(F)(F)F)n2)c(C)c1. The van der Waals surface area contributed by atoms with Gasteiger partial charge in [0.1, 0.15) is 6.04 Å². The average Bonchev–Trinajstić information content (AvgIpc) is 3.28. The van der Waals surface area contributed by atoms with E-state index in [1.807, 2.05) is 37.4 Å². The summed E-state index contributed by atoms with van der Waals surface area (Å²) in [5.74, 6) is -0.493. The molecule has 1 unspecified atom stereocenters. The summed E-state index contributed by atoms with van der Waals surface area (Å²) < 4.78 is 41.0. The van der Waals surface area contributed by atoms with E-state index in [2.05, 4.69) is 15.0 Å². The lowest BCUT2D eigenvalue weighted by atomic mass is 10.0. The van der Waals surface area contributed by atoms with Gasteiger partial charge in [0.15, 0.2) is 11.7 Å². The third-order valence-electron chi connectivity index (χ3n) is 4.54. The largest absolute Gasteiger partial charge is 0.440 e. The van der Waals surface area contributed by atoms with Gasteiger partial charge in [0.2, 0.25) is 5.91 Å². The minimum Gasteiger partial charge on any atom is -0.440 e. The maximum absolute atomic E-state index is 12.6. The number of thiazole rings is 1. The number of likely N-dealkylation sites (tertiary alicyclic amines) is 1. The summed E-state index contributed by atoms with van der Waals surface area (Å²) in [6, 6.07) is 5.09. The molecule has 0 aliphatic carbocycles. The van der Waals surface area contributed by atoms with E-state index < -0.39 is 30.8 Å². The fourth-order valence-corrected chi connectivity index (χ4v) is 3.94. The molecule has 2 amide bonds. The van der Waals surface area contributed by atoms with Crippen molar-refractivity contribution in [3.63, 3.8) is 0 Å². The number of nitrogens with one attached hydrogen (secondary N) is 1. The van der Waals surface area contributed by atoms with Crippen LogP contribution in [0.3, 0.4) is 0 Å². The molecule has 0 spiro atoms. The lowest BCUT2D eigenvalue weighted by Gasteiger charge is -2.23. The van der Waals surface area contributed by atoms with Crippen molar-refractivity contribution in [2.24, 2.45) is 0 Å². The quantitative estimate of drug-likeness (QED) is 0.778. The molecule has 0 bridgehead atoms. The van der Waals surface area contributed by atoms with Gasteiger partial charge in [-0.1, -0.05) is 23.8 Å². The number of alkyl halides is 3. The maximum Gasteiger partial charge on any atom is 0.422 e. The number of aromatic nitrogens is 1. The molecule has 1 aliphatic rings. The summed E-state index contributed by atoms with van der Waals surface area (Å²) in [7, 11) is 0. The number of halogens is 3. The van der Waals surface area contributed by atoms with Gasteiger partial charge in [-0.2, -0.15) is 13.2 Å². The molecule has 10 heteroatoms. The van der Waals surface area contributed by atoms with Crippen molar-refractivity contribution in [2.75, 3.05) is 18.5 Å². The van der Waals surface area contributed by atoms with Crippen molar-refractivity contribution in [1.82, 2.24) is 9.88 Å². The summed E-state index contributed by atoms with van der Waals surface area (Å²) in [5, 5.41) is 4.84. The van der Waals surface area contributed by atoms with Gasteiger partial charge >= 0.3 is 12.3 Å². The Kier molecular flexibility index (Phi) is 6.11. The van der Waals surface area contributed by atoms with E-state index >= 15 is 0 Å². The zero-order valence-electron chi connectivity index (χ0n) is 15.9. The summed E-state index contributed by atoms with van der Waals surface area (Å²) >= 11 is 1.24. The van der Waals surface area contributed by atoms with Crippen molar-refractivity contribution >= 4 is 28.5 Å². The van der Waals surface area contributed by atoms with E-state index in [-0.39, 0.29) is 6.54 Å². The summed E-state index contributed by atoms with van der Waals surface area (Å²) in [4.78, 5) is 29.9. The Labute approximate surface area is 169 Å². The summed E-state index contributed by atoms with van der Waals surface area (Å²) in [5.41, 5.74) is 3.86. The highest BCUT2D eigenvalue weighted by Gasteiger charge is 2.37. The summed E-state index contributed by atoms with van der Waals surface area (Å²) in [6.45, 7) is 2.46. The molecule has 0 radical (unpaired) electrons. The molecule has 1 aromatic heterocycles. The van der Waals surface area contributed by atoms with Crippen LogP contribution in [0.5, 0.6) is 0 Å². The Balaban J connectivity index is 1.65. The van der Waals surface area contributed by atoms with E-state index in [1.54, 1.807) is 0 Å².